The van der Waals surface area contributed by atoms with Gasteiger partial charge in [0.15, 0.2) is 0 Å². The van der Waals surface area contributed by atoms with E-state index in [1.54, 1.807) is 0 Å². The van der Waals surface area contributed by atoms with Gasteiger partial charge in [-0.25, -0.2) is 0 Å². The number of benzene rings is 2. The molecule has 1 radical (unpaired) electrons. The van der Waals surface area contributed by atoms with Crippen LogP contribution >= 0.6 is 0 Å². The maximum atomic E-state index is 11.0. The van der Waals surface area contributed by atoms with Crippen molar-refractivity contribution in [3.05, 3.63) is 36.4 Å². The van der Waals surface area contributed by atoms with Crippen molar-refractivity contribution in [2.45, 2.75) is 4.90 Å². The summed E-state index contributed by atoms with van der Waals surface area (Å²) in [6.07, 6.45) is 0. The van der Waals surface area contributed by atoms with Crippen molar-refractivity contribution in [3.63, 3.8) is 0 Å². The summed E-state index contributed by atoms with van der Waals surface area (Å²) >= 11 is 0. The zero-order valence-corrected chi connectivity index (χ0v) is 12.4. The largest absolute Gasteiger partial charge is 0.508 e. The molecule has 8 nitrogen and oxygen atoms in total. The van der Waals surface area contributed by atoms with E-state index in [0.717, 1.165) is 24.3 Å². The van der Waals surface area contributed by atoms with Crippen molar-refractivity contribution in [2.24, 2.45) is 10.2 Å². The molecule has 0 bridgehead atoms. The molecule has 0 amide bonds. The summed E-state index contributed by atoms with van der Waals surface area (Å²) in [6.45, 7) is 0. The van der Waals surface area contributed by atoms with Crippen LogP contribution in [-0.2, 0) is 27.2 Å². The molecule has 0 unspecified atom stereocenters. The molecule has 0 atom stereocenters. The fourth-order valence-electron chi connectivity index (χ4n) is 1.45. The number of hydrogen-bond acceptors (Lipinski definition) is 7. The first kappa shape index (κ1) is 17.9. The van der Waals surface area contributed by atoms with Gasteiger partial charge in [0.2, 0.25) is 0 Å². The van der Waals surface area contributed by atoms with Gasteiger partial charge in [-0.3, -0.25) is 4.55 Å². The number of nitrogens with zero attached hydrogens (tertiary/aromatic N) is 2. The van der Waals surface area contributed by atoms with Gasteiger partial charge < -0.3 is 15.3 Å². The van der Waals surface area contributed by atoms with Crippen molar-refractivity contribution < 1.29 is 45.4 Å². The van der Waals surface area contributed by atoms with Crippen molar-refractivity contribution in [3.8, 4) is 17.2 Å². The SMILES string of the molecule is O=S(=O)(O)c1ccc(O)c(N=Nc2ccc(O)cc2O)c1.[Cu]. The Morgan fingerprint density at radius 3 is 2.05 bits per heavy atom. The number of phenols is 3. The smallest absolute Gasteiger partial charge is 0.294 e. The fraction of sp³-hybridized carbons (Fsp3) is 0. The van der Waals surface area contributed by atoms with E-state index in [2.05, 4.69) is 10.2 Å². The van der Waals surface area contributed by atoms with Crippen molar-refractivity contribution in [2.75, 3.05) is 0 Å². The van der Waals surface area contributed by atoms with Crippen molar-refractivity contribution in [1.29, 1.82) is 0 Å². The van der Waals surface area contributed by atoms with Gasteiger partial charge >= 0.3 is 0 Å². The number of hydrogen-bond donors (Lipinski definition) is 4. The van der Waals surface area contributed by atoms with Crippen molar-refractivity contribution >= 4 is 21.5 Å². The third-order valence-electron chi connectivity index (χ3n) is 2.47. The summed E-state index contributed by atoms with van der Waals surface area (Å²) < 4.78 is 30.9. The predicted molar refractivity (Wildman–Crippen MR) is 71.9 cm³/mol. The predicted octanol–water partition coefficient (Wildman–Crippen LogP) is 2.46. The quantitative estimate of drug-likeness (QED) is 0.370. The first-order valence-electron chi connectivity index (χ1n) is 5.51. The van der Waals surface area contributed by atoms with Crippen LogP contribution in [0.4, 0.5) is 11.4 Å². The maximum Gasteiger partial charge on any atom is 0.294 e. The van der Waals surface area contributed by atoms with Crippen LogP contribution in [0.15, 0.2) is 51.5 Å². The first-order valence-corrected chi connectivity index (χ1v) is 6.95. The summed E-state index contributed by atoms with van der Waals surface area (Å²) in [7, 11) is -4.43. The van der Waals surface area contributed by atoms with Crippen LogP contribution in [0.1, 0.15) is 0 Å². The van der Waals surface area contributed by atoms with Crippen LogP contribution in [0.5, 0.6) is 17.2 Å². The van der Waals surface area contributed by atoms with Crippen LogP contribution in [0.2, 0.25) is 0 Å². The van der Waals surface area contributed by atoms with Crippen molar-refractivity contribution in [1.82, 2.24) is 0 Å². The number of phenolic OH excluding ortho intramolecular Hbond substituents is 3. The minimum absolute atomic E-state index is 0. The van der Waals surface area contributed by atoms with E-state index in [4.69, 9.17) is 9.66 Å². The molecule has 2 aromatic rings. The van der Waals surface area contributed by atoms with Gasteiger partial charge in [-0.2, -0.15) is 8.42 Å². The second-order valence-electron chi connectivity index (χ2n) is 4.00. The van der Waals surface area contributed by atoms with E-state index in [1.165, 1.54) is 12.1 Å². The summed E-state index contributed by atoms with van der Waals surface area (Å²) in [6, 6.07) is 6.55. The van der Waals surface area contributed by atoms with E-state index >= 15 is 0 Å². The van der Waals surface area contributed by atoms with Gasteiger partial charge in [-0.05, 0) is 30.3 Å². The number of azo groups is 1. The monoisotopic (exact) mass is 373 g/mol. The molecule has 0 aliphatic carbocycles. The van der Waals surface area contributed by atoms with E-state index < -0.39 is 15.0 Å². The summed E-state index contributed by atoms with van der Waals surface area (Å²) in [5, 5.41) is 35.4. The van der Waals surface area contributed by atoms with E-state index in [0.29, 0.717) is 0 Å². The standard InChI is InChI=1S/C12H10N2O6S.Cu/c15-7-1-3-9(12(17)5-7)13-14-10-6-8(21(18,19)20)2-4-11(10)16;/h1-6,15-17H,(H,18,19,20);. The Hall–Kier alpha value is -2.13. The first-order chi connectivity index (χ1) is 9.77. The molecule has 2 rings (SSSR count). The minimum Gasteiger partial charge on any atom is -0.508 e. The topological polar surface area (TPSA) is 140 Å². The Balaban J connectivity index is 0.00000242. The molecule has 0 aliphatic rings. The average molecular weight is 374 g/mol. The van der Waals surface area contributed by atoms with Crippen LogP contribution in [0, 0.1) is 0 Å². The third kappa shape index (κ3) is 4.18. The van der Waals surface area contributed by atoms with Gasteiger partial charge in [0.25, 0.3) is 10.1 Å². The molecule has 0 aliphatic heterocycles. The molecule has 121 valence electrons. The molecular weight excluding hydrogens is 364 g/mol. The molecule has 0 aromatic heterocycles. The summed E-state index contributed by atoms with van der Waals surface area (Å²) in [5.74, 6) is -0.865. The Bertz CT molecular complexity index is 822. The Labute approximate surface area is 136 Å². The average Bonchev–Trinajstić information content (AvgIpc) is 2.38. The summed E-state index contributed by atoms with van der Waals surface area (Å²) in [4.78, 5) is -0.454. The molecule has 0 spiro atoms. The zero-order chi connectivity index (χ0) is 15.6. The molecule has 2 aromatic carbocycles. The maximum absolute atomic E-state index is 11.0. The summed E-state index contributed by atoms with van der Waals surface area (Å²) in [5.41, 5.74) is -0.206. The van der Waals surface area contributed by atoms with Gasteiger partial charge in [0, 0.05) is 23.1 Å². The van der Waals surface area contributed by atoms with Gasteiger partial charge in [0.1, 0.15) is 28.6 Å². The van der Waals surface area contributed by atoms with E-state index in [-0.39, 0.29) is 45.7 Å². The van der Waals surface area contributed by atoms with Gasteiger partial charge in [-0.1, -0.05) is 0 Å². The molecule has 22 heavy (non-hydrogen) atoms. The minimum atomic E-state index is -4.43. The zero-order valence-electron chi connectivity index (χ0n) is 10.7. The Morgan fingerprint density at radius 1 is 0.818 bits per heavy atom. The molecular formula is C12H10CuN2O6S. The van der Waals surface area contributed by atoms with Gasteiger partial charge in [-0.15, -0.1) is 10.2 Å². The second kappa shape index (κ2) is 6.75. The van der Waals surface area contributed by atoms with Gasteiger partial charge in [0.05, 0.1) is 4.90 Å². The Morgan fingerprint density at radius 2 is 1.45 bits per heavy atom. The molecule has 0 fully saturated rings. The van der Waals surface area contributed by atoms with Crippen LogP contribution < -0.4 is 0 Å². The third-order valence-corrected chi connectivity index (χ3v) is 3.32. The molecule has 0 saturated heterocycles. The van der Waals surface area contributed by atoms with E-state index in [9.17, 15) is 18.6 Å². The molecule has 10 heteroatoms. The Kier molecular flexibility index (Phi) is 5.50. The van der Waals surface area contributed by atoms with Crippen LogP contribution in [0.25, 0.3) is 0 Å². The molecule has 0 saturated carbocycles. The second-order valence-corrected chi connectivity index (χ2v) is 5.42. The molecule has 0 heterocycles. The van der Waals surface area contributed by atoms with Crippen LogP contribution in [0.3, 0.4) is 0 Å². The van der Waals surface area contributed by atoms with Crippen LogP contribution in [-0.4, -0.2) is 28.3 Å². The number of rotatable bonds is 3. The van der Waals surface area contributed by atoms with E-state index in [1.807, 2.05) is 0 Å². The fourth-order valence-corrected chi connectivity index (χ4v) is 1.95. The number of aromatic hydroxyl groups is 3. The normalized spacial score (nSPS) is 11.3. The molecule has 4 N–H and O–H groups in total.